The lowest BCUT2D eigenvalue weighted by Gasteiger charge is -2.31. The van der Waals surface area contributed by atoms with Crippen LogP contribution in [0.25, 0.3) is 0 Å². The zero-order chi connectivity index (χ0) is 14.4. The van der Waals surface area contributed by atoms with Gasteiger partial charge in [-0.05, 0) is 46.5 Å². The fraction of sp³-hybridized carbons (Fsp3) is 0.941. The fourth-order valence-corrected chi connectivity index (χ4v) is 3.18. The SMILES string of the molecule is CCCCCCC[C@@H]1C[C@H]1C(=O)N(C(C)C)C(C)C. The maximum atomic E-state index is 12.5. The molecule has 1 rings (SSSR count). The quantitative estimate of drug-likeness (QED) is 0.558. The van der Waals surface area contributed by atoms with Crippen LogP contribution in [0.2, 0.25) is 0 Å². The molecule has 2 heteroatoms. The third kappa shape index (κ3) is 5.16. The summed E-state index contributed by atoms with van der Waals surface area (Å²) in [6, 6.07) is 0.664. The topological polar surface area (TPSA) is 20.3 Å². The molecule has 1 amide bonds. The molecular weight excluding hydrogens is 234 g/mol. The van der Waals surface area contributed by atoms with E-state index in [2.05, 4.69) is 39.5 Å². The molecule has 0 saturated heterocycles. The molecule has 1 aliphatic carbocycles. The summed E-state index contributed by atoms with van der Waals surface area (Å²) >= 11 is 0. The maximum Gasteiger partial charge on any atom is 0.226 e. The molecule has 0 bridgehead atoms. The highest BCUT2D eigenvalue weighted by Crippen LogP contribution is 2.44. The molecule has 0 unspecified atom stereocenters. The molecule has 0 aliphatic heterocycles. The second-order valence-electron chi connectivity index (χ2n) is 6.74. The van der Waals surface area contributed by atoms with E-state index >= 15 is 0 Å². The van der Waals surface area contributed by atoms with E-state index in [4.69, 9.17) is 0 Å². The van der Waals surface area contributed by atoms with Gasteiger partial charge < -0.3 is 4.90 Å². The number of carbonyl (C=O) groups excluding carboxylic acids is 1. The standard InChI is InChI=1S/C17H33NO/c1-6-7-8-9-10-11-15-12-16(15)17(19)18(13(2)3)14(4)5/h13-16H,6-12H2,1-5H3/t15-,16-/m1/s1. The number of hydrogen-bond acceptors (Lipinski definition) is 1. The monoisotopic (exact) mass is 267 g/mol. The van der Waals surface area contributed by atoms with Gasteiger partial charge >= 0.3 is 0 Å². The van der Waals surface area contributed by atoms with Crippen molar-refractivity contribution >= 4 is 5.91 Å². The average molecular weight is 267 g/mol. The minimum Gasteiger partial charge on any atom is -0.338 e. The van der Waals surface area contributed by atoms with Gasteiger partial charge in [0.1, 0.15) is 0 Å². The van der Waals surface area contributed by atoms with Crippen molar-refractivity contribution in [2.45, 2.75) is 91.6 Å². The van der Waals surface area contributed by atoms with Crippen molar-refractivity contribution in [1.29, 1.82) is 0 Å². The van der Waals surface area contributed by atoms with Gasteiger partial charge in [0.2, 0.25) is 5.91 Å². The van der Waals surface area contributed by atoms with Crippen molar-refractivity contribution in [3.8, 4) is 0 Å². The smallest absolute Gasteiger partial charge is 0.226 e. The summed E-state index contributed by atoms with van der Waals surface area (Å²) in [7, 11) is 0. The minimum atomic E-state index is 0.332. The van der Waals surface area contributed by atoms with Crippen molar-refractivity contribution in [2.75, 3.05) is 0 Å². The molecule has 1 aliphatic rings. The summed E-state index contributed by atoms with van der Waals surface area (Å²) in [5, 5.41) is 0. The van der Waals surface area contributed by atoms with Gasteiger partial charge in [-0.2, -0.15) is 0 Å². The van der Waals surface area contributed by atoms with Crippen LogP contribution in [0.15, 0.2) is 0 Å². The van der Waals surface area contributed by atoms with Gasteiger partial charge in [-0.25, -0.2) is 0 Å². The number of hydrogen-bond donors (Lipinski definition) is 0. The van der Waals surface area contributed by atoms with Crippen LogP contribution in [0.3, 0.4) is 0 Å². The van der Waals surface area contributed by atoms with Crippen molar-refractivity contribution in [3.63, 3.8) is 0 Å². The second kappa shape index (κ2) is 7.91. The fourth-order valence-electron chi connectivity index (χ4n) is 3.18. The molecule has 0 N–H and O–H groups in total. The van der Waals surface area contributed by atoms with Crippen LogP contribution < -0.4 is 0 Å². The van der Waals surface area contributed by atoms with Gasteiger partial charge in [0, 0.05) is 18.0 Å². The largest absolute Gasteiger partial charge is 0.338 e. The van der Waals surface area contributed by atoms with Gasteiger partial charge in [-0.15, -0.1) is 0 Å². The first kappa shape index (κ1) is 16.5. The van der Waals surface area contributed by atoms with E-state index < -0.39 is 0 Å². The summed E-state index contributed by atoms with van der Waals surface area (Å²) in [5.74, 6) is 1.44. The van der Waals surface area contributed by atoms with Crippen LogP contribution in [-0.4, -0.2) is 22.9 Å². The molecule has 2 nitrogen and oxygen atoms in total. The zero-order valence-electron chi connectivity index (χ0n) is 13.6. The highest BCUT2D eigenvalue weighted by molar-refractivity contribution is 5.82. The Morgan fingerprint density at radius 3 is 2.16 bits per heavy atom. The van der Waals surface area contributed by atoms with E-state index in [9.17, 15) is 4.79 Å². The molecule has 1 saturated carbocycles. The first-order valence-electron chi connectivity index (χ1n) is 8.31. The first-order valence-corrected chi connectivity index (χ1v) is 8.31. The highest BCUT2D eigenvalue weighted by Gasteiger charge is 2.44. The zero-order valence-corrected chi connectivity index (χ0v) is 13.6. The van der Waals surface area contributed by atoms with Crippen molar-refractivity contribution in [2.24, 2.45) is 11.8 Å². The predicted molar refractivity (Wildman–Crippen MR) is 82.1 cm³/mol. The van der Waals surface area contributed by atoms with Gasteiger partial charge in [0.15, 0.2) is 0 Å². The third-order valence-corrected chi connectivity index (χ3v) is 4.29. The Labute approximate surface area is 119 Å². The van der Waals surface area contributed by atoms with E-state index in [0.29, 0.717) is 29.8 Å². The average Bonchev–Trinajstić information content (AvgIpc) is 3.07. The van der Waals surface area contributed by atoms with Crippen LogP contribution in [-0.2, 0) is 4.79 Å². The molecule has 0 spiro atoms. The Bertz CT molecular complexity index is 264. The molecule has 1 fully saturated rings. The third-order valence-electron chi connectivity index (χ3n) is 4.29. The van der Waals surface area contributed by atoms with Gasteiger partial charge in [-0.3, -0.25) is 4.79 Å². The Kier molecular flexibility index (Phi) is 6.88. The molecule has 0 aromatic heterocycles. The van der Waals surface area contributed by atoms with E-state index in [1.807, 2.05) is 0 Å². The van der Waals surface area contributed by atoms with E-state index in [-0.39, 0.29) is 0 Å². The van der Waals surface area contributed by atoms with Crippen molar-refractivity contribution in [1.82, 2.24) is 4.90 Å². The first-order chi connectivity index (χ1) is 8.99. The van der Waals surface area contributed by atoms with Gasteiger partial charge in [-0.1, -0.05) is 39.0 Å². The molecule has 19 heavy (non-hydrogen) atoms. The molecule has 112 valence electrons. The summed E-state index contributed by atoms with van der Waals surface area (Å²) in [5.41, 5.74) is 0. The van der Waals surface area contributed by atoms with Crippen molar-refractivity contribution in [3.05, 3.63) is 0 Å². The summed E-state index contributed by atoms with van der Waals surface area (Å²) < 4.78 is 0. The number of nitrogens with zero attached hydrogens (tertiary/aromatic N) is 1. The Morgan fingerprint density at radius 2 is 1.63 bits per heavy atom. The molecule has 0 heterocycles. The molecule has 0 aromatic rings. The number of rotatable bonds is 9. The summed E-state index contributed by atoms with van der Waals surface area (Å²) in [6.45, 7) is 10.8. The van der Waals surface area contributed by atoms with Crippen LogP contribution in [0.5, 0.6) is 0 Å². The minimum absolute atomic E-state index is 0.332. The number of amides is 1. The Balaban J connectivity index is 2.26. The van der Waals surface area contributed by atoms with Crippen LogP contribution >= 0.6 is 0 Å². The summed E-state index contributed by atoms with van der Waals surface area (Å²) in [4.78, 5) is 14.5. The predicted octanol–water partition coefficient (Wildman–Crippen LogP) is 4.63. The lowest BCUT2D eigenvalue weighted by molar-refractivity contribution is -0.136. The van der Waals surface area contributed by atoms with Crippen molar-refractivity contribution < 1.29 is 4.79 Å². The molecule has 0 aromatic carbocycles. The lowest BCUT2D eigenvalue weighted by Crippen LogP contribution is -2.43. The normalized spacial score (nSPS) is 22.1. The molecule has 0 radical (unpaired) electrons. The van der Waals surface area contributed by atoms with E-state index in [1.165, 1.54) is 38.5 Å². The second-order valence-corrected chi connectivity index (χ2v) is 6.74. The number of unbranched alkanes of at least 4 members (excludes halogenated alkanes) is 4. The maximum absolute atomic E-state index is 12.5. The molecule has 2 atom stereocenters. The molecular formula is C17H33NO. The highest BCUT2D eigenvalue weighted by atomic mass is 16.2. The van der Waals surface area contributed by atoms with Crippen LogP contribution in [0, 0.1) is 11.8 Å². The Hall–Kier alpha value is -0.530. The van der Waals surface area contributed by atoms with E-state index in [0.717, 1.165) is 6.42 Å². The van der Waals surface area contributed by atoms with E-state index in [1.54, 1.807) is 0 Å². The van der Waals surface area contributed by atoms with Crippen LogP contribution in [0.1, 0.15) is 79.6 Å². The van der Waals surface area contributed by atoms with Crippen LogP contribution in [0.4, 0.5) is 0 Å². The summed E-state index contributed by atoms with van der Waals surface area (Å²) in [6.07, 6.45) is 9.11. The van der Waals surface area contributed by atoms with Gasteiger partial charge in [0.05, 0.1) is 0 Å². The Morgan fingerprint density at radius 1 is 1.05 bits per heavy atom. The number of carbonyl (C=O) groups is 1. The lowest BCUT2D eigenvalue weighted by atomic mass is 10.1. The van der Waals surface area contributed by atoms with Gasteiger partial charge in [0.25, 0.3) is 0 Å².